The van der Waals surface area contributed by atoms with Gasteiger partial charge in [-0.25, -0.2) is 0 Å². The molecule has 3 rings (SSSR count). The summed E-state index contributed by atoms with van der Waals surface area (Å²) >= 11 is 11.8. The molecule has 1 atom stereocenters. The van der Waals surface area contributed by atoms with Gasteiger partial charge in [-0.2, -0.15) is 0 Å². The maximum Gasteiger partial charge on any atom is 0.175 e. The molecule has 1 aliphatic heterocycles. The Kier molecular flexibility index (Phi) is 4.62. The zero-order valence-electron chi connectivity index (χ0n) is 12.4. The molecule has 1 saturated heterocycles. The van der Waals surface area contributed by atoms with E-state index >= 15 is 0 Å². The molecule has 0 aliphatic carbocycles. The van der Waals surface area contributed by atoms with E-state index in [9.17, 15) is 0 Å². The van der Waals surface area contributed by atoms with Gasteiger partial charge >= 0.3 is 0 Å². The molecule has 1 heterocycles. The van der Waals surface area contributed by atoms with Crippen molar-refractivity contribution in [1.82, 2.24) is 10.2 Å². The predicted octanol–water partition coefficient (Wildman–Crippen LogP) is 4.01. The minimum Gasteiger partial charge on any atom is -0.349 e. The summed E-state index contributed by atoms with van der Waals surface area (Å²) in [5.41, 5.74) is 2.22. The van der Waals surface area contributed by atoms with Gasteiger partial charge in [-0.05, 0) is 36.8 Å². The number of halogens is 1. The molecule has 0 radical (unpaired) electrons. The van der Waals surface area contributed by atoms with E-state index in [1.807, 2.05) is 35.2 Å². The molecule has 1 fully saturated rings. The molecule has 3 nitrogen and oxygen atoms in total. The standard InChI is InChI=1S/C17H18ClN3S/c1-13(14-7-3-2-4-8-14)20-11-19-17(22)21(12-20)16-10-6-5-9-15(16)18/h2-10,13H,11-12H2,1H3,(H,19,22)/t13-/m0/s1. The van der Waals surface area contributed by atoms with Crippen molar-refractivity contribution in [2.24, 2.45) is 0 Å². The Morgan fingerprint density at radius 3 is 2.50 bits per heavy atom. The Hall–Kier alpha value is -1.62. The number of benzene rings is 2. The number of nitrogens with one attached hydrogen (secondary N) is 1. The Labute approximate surface area is 141 Å². The van der Waals surface area contributed by atoms with Crippen molar-refractivity contribution < 1.29 is 0 Å². The second-order valence-corrected chi connectivity index (χ2v) is 6.13. The molecule has 2 aromatic rings. The lowest BCUT2D eigenvalue weighted by atomic mass is 10.1. The van der Waals surface area contributed by atoms with Crippen molar-refractivity contribution in [3.63, 3.8) is 0 Å². The summed E-state index contributed by atoms with van der Waals surface area (Å²) in [5, 5.41) is 4.70. The number of para-hydroxylation sites is 1. The van der Waals surface area contributed by atoms with Gasteiger partial charge in [0.1, 0.15) is 0 Å². The van der Waals surface area contributed by atoms with Crippen LogP contribution in [-0.2, 0) is 0 Å². The lowest BCUT2D eigenvalue weighted by Crippen LogP contribution is -2.56. The maximum atomic E-state index is 6.32. The summed E-state index contributed by atoms with van der Waals surface area (Å²) < 4.78 is 0. The van der Waals surface area contributed by atoms with Crippen LogP contribution in [0.25, 0.3) is 0 Å². The first-order valence-electron chi connectivity index (χ1n) is 7.25. The van der Waals surface area contributed by atoms with Crippen LogP contribution in [-0.4, -0.2) is 23.3 Å². The number of rotatable bonds is 3. The van der Waals surface area contributed by atoms with Crippen LogP contribution in [0.1, 0.15) is 18.5 Å². The molecule has 2 aromatic carbocycles. The minimum atomic E-state index is 0.293. The van der Waals surface area contributed by atoms with Crippen LogP contribution in [0.4, 0.5) is 5.69 Å². The molecule has 22 heavy (non-hydrogen) atoms. The average Bonchev–Trinajstić information content (AvgIpc) is 2.56. The normalized spacial score (nSPS) is 17.2. The first-order valence-corrected chi connectivity index (χ1v) is 8.04. The largest absolute Gasteiger partial charge is 0.349 e. The van der Waals surface area contributed by atoms with Crippen LogP contribution in [0.15, 0.2) is 54.6 Å². The molecule has 114 valence electrons. The molecule has 0 unspecified atom stereocenters. The van der Waals surface area contributed by atoms with Crippen molar-refractivity contribution in [3.8, 4) is 0 Å². The van der Waals surface area contributed by atoms with Crippen molar-refractivity contribution in [3.05, 3.63) is 65.2 Å². The van der Waals surface area contributed by atoms with E-state index in [0.29, 0.717) is 22.8 Å². The molecule has 0 bridgehead atoms. The lowest BCUT2D eigenvalue weighted by molar-refractivity contribution is 0.200. The van der Waals surface area contributed by atoms with Gasteiger partial charge in [0.2, 0.25) is 0 Å². The highest BCUT2D eigenvalue weighted by Crippen LogP contribution is 2.29. The van der Waals surface area contributed by atoms with Gasteiger partial charge in [0.05, 0.1) is 24.0 Å². The van der Waals surface area contributed by atoms with Crippen LogP contribution in [0, 0.1) is 0 Å². The van der Waals surface area contributed by atoms with Gasteiger partial charge in [0.15, 0.2) is 5.11 Å². The number of nitrogens with zero attached hydrogens (tertiary/aromatic N) is 2. The van der Waals surface area contributed by atoms with Crippen molar-refractivity contribution in [1.29, 1.82) is 0 Å². The van der Waals surface area contributed by atoms with Gasteiger partial charge in [0.25, 0.3) is 0 Å². The van der Waals surface area contributed by atoms with Crippen molar-refractivity contribution >= 4 is 34.6 Å². The second-order valence-electron chi connectivity index (χ2n) is 5.34. The van der Waals surface area contributed by atoms with Gasteiger partial charge in [-0.15, -0.1) is 0 Å². The van der Waals surface area contributed by atoms with Crippen LogP contribution >= 0.6 is 23.8 Å². The third-order valence-electron chi connectivity index (χ3n) is 3.97. The Morgan fingerprint density at radius 2 is 1.77 bits per heavy atom. The maximum absolute atomic E-state index is 6.32. The molecule has 0 amide bonds. The number of anilines is 1. The highest BCUT2D eigenvalue weighted by molar-refractivity contribution is 7.80. The third-order valence-corrected chi connectivity index (χ3v) is 4.66. The summed E-state index contributed by atoms with van der Waals surface area (Å²) in [6.45, 7) is 3.65. The van der Waals surface area contributed by atoms with Crippen LogP contribution in [0.2, 0.25) is 5.02 Å². The van der Waals surface area contributed by atoms with E-state index in [2.05, 4.69) is 41.4 Å². The quantitative estimate of drug-likeness (QED) is 0.856. The molecule has 1 N–H and O–H groups in total. The van der Waals surface area contributed by atoms with E-state index < -0.39 is 0 Å². The zero-order chi connectivity index (χ0) is 15.5. The van der Waals surface area contributed by atoms with Gasteiger partial charge < -0.3 is 10.2 Å². The fourth-order valence-electron chi connectivity index (χ4n) is 2.62. The molecule has 0 saturated carbocycles. The molecule has 5 heteroatoms. The molecule has 0 aromatic heterocycles. The molecular formula is C17H18ClN3S. The summed E-state index contributed by atoms with van der Waals surface area (Å²) in [7, 11) is 0. The molecule has 1 aliphatic rings. The first-order chi connectivity index (χ1) is 10.7. The van der Waals surface area contributed by atoms with Crippen LogP contribution in [0.3, 0.4) is 0 Å². The van der Waals surface area contributed by atoms with E-state index in [0.717, 1.165) is 12.4 Å². The highest BCUT2D eigenvalue weighted by atomic mass is 35.5. The lowest BCUT2D eigenvalue weighted by Gasteiger charge is -2.41. The Balaban J connectivity index is 1.82. The topological polar surface area (TPSA) is 18.5 Å². The Morgan fingerprint density at radius 1 is 1.09 bits per heavy atom. The smallest absolute Gasteiger partial charge is 0.175 e. The predicted molar refractivity (Wildman–Crippen MR) is 96.1 cm³/mol. The highest BCUT2D eigenvalue weighted by Gasteiger charge is 2.26. The molecule has 0 spiro atoms. The average molecular weight is 332 g/mol. The number of hydrogen-bond donors (Lipinski definition) is 1. The zero-order valence-corrected chi connectivity index (χ0v) is 13.9. The van der Waals surface area contributed by atoms with Gasteiger partial charge in [0, 0.05) is 6.04 Å². The fraction of sp³-hybridized carbons (Fsp3) is 0.235. The van der Waals surface area contributed by atoms with Crippen molar-refractivity contribution in [2.45, 2.75) is 13.0 Å². The van der Waals surface area contributed by atoms with Crippen LogP contribution < -0.4 is 10.2 Å². The SMILES string of the molecule is C[C@@H](c1ccccc1)N1CNC(=S)N(c2ccccc2Cl)C1. The summed E-state index contributed by atoms with van der Waals surface area (Å²) in [5.74, 6) is 0. The summed E-state index contributed by atoms with van der Waals surface area (Å²) in [6, 6.07) is 18.6. The van der Waals surface area contributed by atoms with E-state index in [4.69, 9.17) is 23.8 Å². The van der Waals surface area contributed by atoms with E-state index in [1.165, 1.54) is 5.56 Å². The fourth-order valence-corrected chi connectivity index (χ4v) is 3.08. The van der Waals surface area contributed by atoms with Gasteiger partial charge in [-0.3, -0.25) is 4.90 Å². The monoisotopic (exact) mass is 331 g/mol. The van der Waals surface area contributed by atoms with E-state index in [-0.39, 0.29) is 0 Å². The molecular weight excluding hydrogens is 314 g/mol. The summed E-state index contributed by atoms with van der Waals surface area (Å²) in [6.07, 6.45) is 0. The van der Waals surface area contributed by atoms with E-state index in [1.54, 1.807) is 0 Å². The van der Waals surface area contributed by atoms with Gasteiger partial charge in [-0.1, -0.05) is 54.1 Å². The minimum absolute atomic E-state index is 0.293. The second kappa shape index (κ2) is 6.65. The summed E-state index contributed by atoms with van der Waals surface area (Å²) in [4.78, 5) is 4.37. The number of hydrogen-bond acceptors (Lipinski definition) is 2. The third kappa shape index (κ3) is 3.09. The first kappa shape index (κ1) is 15.3. The van der Waals surface area contributed by atoms with Crippen molar-refractivity contribution in [2.75, 3.05) is 18.2 Å². The van der Waals surface area contributed by atoms with Crippen LogP contribution in [0.5, 0.6) is 0 Å². The Bertz CT molecular complexity index is 662. The number of thiocarbonyl (C=S) groups is 1.